The van der Waals surface area contributed by atoms with Gasteiger partial charge >= 0.3 is 0 Å². The number of methoxy groups -OCH3 is 2. The van der Waals surface area contributed by atoms with E-state index in [-0.39, 0.29) is 59.5 Å². The number of rotatable bonds is 8. The predicted octanol–water partition coefficient (Wildman–Crippen LogP) is 1.56. The number of carbonyl (C=O) groups excluding carboxylic acids is 3. The molecule has 0 saturated carbocycles. The van der Waals surface area contributed by atoms with E-state index in [2.05, 4.69) is 5.32 Å². The first-order chi connectivity index (χ1) is 14.4. The van der Waals surface area contributed by atoms with Crippen molar-refractivity contribution in [3.05, 3.63) is 64.2 Å². The van der Waals surface area contributed by atoms with Crippen molar-refractivity contribution in [3.63, 3.8) is 0 Å². The third-order valence-corrected chi connectivity index (χ3v) is 5.03. The van der Waals surface area contributed by atoms with Crippen LogP contribution in [0, 0.1) is 0 Å². The molecular formula is C22H24N2O6. The normalized spacial score (nSPS) is 12.6. The first-order valence-corrected chi connectivity index (χ1v) is 9.45. The van der Waals surface area contributed by atoms with Crippen molar-refractivity contribution >= 4 is 23.2 Å². The molecule has 0 aromatic heterocycles. The fourth-order valence-electron chi connectivity index (χ4n) is 3.49. The Morgan fingerprint density at radius 3 is 2.27 bits per heavy atom. The molecule has 0 heterocycles. The molecule has 0 fully saturated rings. The summed E-state index contributed by atoms with van der Waals surface area (Å²) in [5.41, 5.74) is 1.45. The molecule has 0 aliphatic heterocycles. The number of fused-ring (bicyclic) bond motifs is 2. The maximum Gasteiger partial charge on any atom is 0.255 e. The van der Waals surface area contributed by atoms with Crippen LogP contribution >= 0.6 is 0 Å². The lowest BCUT2D eigenvalue weighted by Gasteiger charge is -2.26. The standard InChI is InChI=1S/C22H24N2O6/c1-24(12-17(29-2)30-3)22(28)16-9-8-15-18(19(16)23-10-11-25)21(27)14-7-5-4-6-13(14)20(15)26/h4-9,17,23,25H,10-12H2,1-3H3. The zero-order valence-electron chi connectivity index (χ0n) is 17.1. The van der Waals surface area contributed by atoms with Gasteiger partial charge in [0.1, 0.15) is 0 Å². The third-order valence-electron chi connectivity index (χ3n) is 5.03. The molecule has 0 unspecified atom stereocenters. The maximum absolute atomic E-state index is 13.2. The third kappa shape index (κ3) is 3.85. The molecule has 1 aliphatic rings. The van der Waals surface area contributed by atoms with E-state index < -0.39 is 6.29 Å². The number of nitrogens with one attached hydrogen (secondary N) is 1. The molecule has 2 aromatic rings. The van der Waals surface area contributed by atoms with Gasteiger partial charge in [-0.2, -0.15) is 0 Å². The van der Waals surface area contributed by atoms with Crippen molar-refractivity contribution in [3.8, 4) is 0 Å². The van der Waals surface area contributed by atoms with Crippen LogP contribution in [0.3, 0.4) is 0 Å². The first-order valence-electron chi connectivity index (χ1n) is 9.45. The number of hydrogen-bond acceptors (Lipinski definition) is 7. The SMILES string of the molecule is COC(CN(C)C(=O)c1ccc2c(c1NCCO)C(=O)c1ccccc1C2=O)OC. The summed E-state index contributed by atoms with van der Waals surface area (Å²) in [5, 5.41) is 12.2. The van der Waals surface area contributed by atoms with Crippen LogP contribution in [-0.2, 0) is 9.47 Å². The van der Waals surface area contributed by atoms with Crippen LogP contribution in [0.15, 0.2) is 36.4 Å². The van der Waals surface area contributed by atoms with Crippen LogP contribution in [0.25, 0.3) is 0 Å². The Morgan fingerprint density at radius 1 is 1.03 bits per heavy atom. The number of carbonyl (C=O) groups is 3. The van der Waals surface area contributed by atoms with Gasteiger partial charge in [-0.05, 0) is 12.1 Å². The molecule has 1 aliphatic carbocycles. The van der Waals surface area contributed by atoms with Crippen molar-refractivity contribution in [2.75, 3.05) is 46.3 Å². The number of likely N-dealkylation sites (N-methyl/N-ethyl adjacent to an activating group) is 1. The number of amides is 1. The van der Waals surface area contributed by atoms with Crippen molar-refractivity contribution < 1.29 is 29.0 Å². The Morgan fingerprint density at radius 2 is 1.67 bits per heavy atom. The van der Waals surface area contributed by atoms with E-state index in [1.807, 2.05) is 0 Å². The Balaban J connectivity index is 2.09. The number of nitrogens with zero attached hydrogens (tertiary/aromatic N) is 1. The summed E-state index contributed by atoms with van der Waals surface area (Å²) in [4.78, 5) is 40.7. The Kier molecular flexibility index (Phi) is 6.61. The van der Waals surface area contributed by atoms with Crippen LogP contribution in [0.4, 0.5) is 5.69 Å². The van der Waals surface area contributed by atoms with E-state index in [4.69, 9.17) is 9.47 Å². The first kappa shape index (κ1) is 21.6. The van der Waals surface area contributed by atoms with Gasteiger partial charge in [0.2, 0.25) is 0 Å². The van der Waals surface area contributed by atoms with Crippen molar-refractivity contribution in [1.29, 1.82) is 0 Å². The molecule has 0 radical (unpaired) electrons. The van der Waals surface area contributed by atoms with E-state index in [9.17, 15) is 19.5 Å². The fourth-order valence-corrected chi connectivity index (χ4v) is 3.49. The van der Waals surface area contributed by atoms with Crippen LogP contribution in [0.5, 0.6) is 0 Å². The minimum Gasteiger partial charge on any atom is -0.395 e. The highest BCUT2D eigenvalue weighted by Crippen LogP contribution is 2.34. The van der Waals surface area contributed by atoms with E-state index in [0.29, 0.717) is 11.1 Å². The molecule has 8 nitrogen and oxygen atoms in total. The number of aliphatic hydroxyl groups is 1. The summed E-state index contributed by atoms with van der Waals surface area (Å²) in [6.45, 7) is 0.0711. The molecule has 0 bridgehead atoms. The van der Waals surface area contributed by atoms with E-state index in [0.717, 1.165) is 0 Å². The van der Waals surface area contributed by atoms with Crippen molar-refractivity contribution in [2.45, 2.75) is 6.29 Å². The van der Waals surface area contributed by atoms with Gasteiger partial charge in [0.05, 0.1) is 30.0 Å². The highest BCUT2D eigenvalue weighted by Gasteiger charge is 2.34. The van der Waals surface area contributed by atoms with E-state index >= 15 is 0 Å². The smallest absolute Gasteiger partial charge is 0.255 e. The Bertz CT molecular complexity index is 984. The van der Waals surface area contributed by atoms with Crippen molar-refractivity contribution in [1.82, 2.24) is 4.90 Å². The minimum atomic E-state index is -0.611. The summed E-state index contributed by atoms with van der Waals surface area (Å²) < 4.78 is 10.3. The van der Waals surface area contributed by atoms with Crippen LogP contribution in [0.1, 0.15) is 42.2 Å². The van der Waals surface area contributed by atoms with Gasteiger partial charge in [0.25, 0.3) is 5.91 Å². The number of ketones is 2. The average molecular weight is 412 g/mol. The van der Waals surface area contributed by atoms with Crippen molar-refractivity contribution in [2.24, 2.45) is 0 Å². The second-order valence-electron chi connectivity index (χ2n) is 6.85. The zero-order chi connectivity index (χ0) is 21.8. The maximum atomic E-state index is 13.2. The topological polar surface area (TPSA) is 105 Å². The summed E-state index contributed by atoms with van der Waals surface area (Å²) >= 11 is 0. The largest absolute Gasteiger partial charge is 0.395 e. The van der Waals surface area contributed by atoms with Gasteiger partial charge < -0.3 is 24.8 Å². The predicted molar refractivity (Wildman–Crippen MR) is 110 cm³/mol. The lowest BCUT2D eigenvalue weighted by Crippen LogP contribution is -2.37. The number of hydrogen-bond donors (Lipinski definition) is 2. The molecule has 0 saturated heterocycles. The average Bonchev–Trinajstić information content (AvgIpc) is 2.78. The minimum absolute atomic E-state index is 0.113. The summed E-state index contributed by atoms with van der Waals surface area (Å²) in [5.74, 6) is -1.00. The molecule has 0 spiro atoms. The number of aliphatic hydroxyl groups excluding tert-OH is 1. The lowest BCUT2D eigenvalue weighted by atomic mass is 9.82. The van der Waals surface area contributed by atoms with Gasteiger partial charge in [0, 0.05) is 44.5 Å². The van der Waals surface area contributed by atoms with Gasteiger partial charge in [-0.1, -0.05) is 24.3 Å². The van der Waals surface area contributed by atoms with Gasteiger partial charge in [-0.15, -0.1) is 0 Å². The summed E-state index contributed by atoms with van der Waals surface area (Å²) in [6.07, 6.45) is -0.611. The summed E-state index contributed by atoms with van der Waals surface area (Å²) in [6, 6.07) is 9.62. The monoisotopic (exact) mass is 412 g/mol. The van der Waals surface area contributed by atoms with Gasteiger partial charge in [0.15, 0.2) is 17.9 Å². The van der Waals surface area contributed by atoms with Crippen LogP contribution in [0.2, 0.25) is 0 Å². The van der Waals surface area contributed by atoms with E-state index in [1.165, 1.54) is 31.3 Å². The molecule has 0 atom stereocenters. The zero-order valence-corrected chi connectivity index (χ0v) is 17.1. The molecule has 8 heteroatoms. The molecule has 2 aromatic carbocycles. The molecule has 158 valence electrons. The molecular weight excluding hydrogens is 388 g/mol. The lowest BCUT2D eigenvalue weighted by molar-refractivity contribution is -0.110. The quantitative estimate of drug-likeness (QED) is 0.541. The molecule has 30 heavy (non-hydrogen) atoms. The molecule has 2 N–H and O–H groups in total. The fraction of sp³-hybridized carbons (Fsp3) is 0.318. The van der Waals surface area contributed by atoms with Gasteiger partial charge in [-0.25, -0.2) is 0 Å². The molecule has 1 amide bonds. The Labute approximate surface area is 174 Å². The second kappa shape index (κ2) is 9.17. The number of benzene rings is 2. The summed E-state index contributed by atoms with van der Waals surface area (Å²) in [7, 11) is 4.54. The Hall–Kier alpha value is -3.07. The van der Waals surface area contributed by atoms with Crippen LogP contribution in [-0.4, -0.2) is 74.7 Å². The molecule has 3 rings (SSSR count). The van der Waals surface area contributed by atoms with E-state index in [1.54, 1.807) is 31.3 Å². The van der Waals surface area contributed by atoms with Gasteiger partial charge in [-0.3, -0.25) is 14.4 Å². The second-order valence-corrected chi connectivity index (χ2v) is 6.85. The number of anilines is 1. The highest BCUT2D eigenvalue weighted by atomic mass is 16.7. The number of ether oxygens (including phenoxy) is 2. The highest BCUT2D eigenvalue weighted by molar-refractivity contribution is 6.31. The van der Waals surface area contributed by atoms with Crippen LogP contribution < -0.4 is 5.32 Å².